The summed E-state index contributed by atoms with van der Waals surface area (Å²) in [7, 11) is -3.14. The molecule has 0 spiro atoms. The Kier molecular flexibility index (Phi) is 6.41. The molecule has 0 saturated heterocycles. The van der Waals surface area contributed by atoms with Crippen molar-refractivity contribution in [3.8, 4) is 0 Å². The van der Waals surface area contributed by atoms with Crippen LogP contribution in [0.5, 0.6) is 0 Å². The summed E-state index contributed by atoms with van der Waals surface area (Å²) in [6, 6.07) is 19.7. The molecule has 4 N–H and O–H groups in total. The second-order valence-electron chi connectivity index (χ2n) is 5.89. The van der Waals surface area contributed by atoms with Gasteiger partial charge < -0.3 is 25.0 Å². The molecule has 0 aliphatic carbocycles. The van der Waals surface area contributed by atoms with Crippen LogP contribution in [-0.2, 0) is 0 Å². The Balaban J connectivity index is 2.14. The molecule has 3 aromatic rings. The van der Waals surface area contributed by atoms with Crippen LogP contribution >= 0.6 is 31.9 Å². The lowest BCUT2D eigenvalue weighted by Gasteiger charge is -2.26. The number of halogens is 2. The van der Waals surface area contributed by atoms with Crippen molar-refractivity contribution >= 4 is 74.1 Å². The van der Waals surface area contributed by atoms with Crippen molar-refractivity contribution in [3.63, 3.8) is 0 Å². The molecular formula is C18H15B2Br2NO4. The quantitative estimate of drug-likeness (QED) is 0.412. The Morgan fingerprint density at radius 3 is 1.59 bits per heavy atom. The summed E-state index contributed by atoms with van der Waals surface area (Å²) >= 11 is 6.84. The van der Waals surface area contributed by atoms with Gasteiger partial charge >= 0.3 is 14.2 Å². The van der Waals surface area contributed by atoms with Gasteiger partial charge in [-0.1, -0.05) is 44.0 Å². The first-order valence-electron chi connectivity index (χ1n) is 8.03. The largest absolute Gasteiger partial charge is 0.488 e. The molecule has 9 heteroatoms. The maximum atomic E-state index is 9.58. The molecule has 0 heterocycles. The lowest BCUT2D eigenvalue weighted by molar-refractivity contribution is 0.424. The van der Waals surface area contributed by atoms with Crippen LogP contribution in [0, 0.1) is 0 Å². The summed E-state index contributed by atoms with van der Waals surface area (Å²) in [4.78, 5) is 1.93. The Hall–Kier alpha value is -1.61. The zero-order chi connectivity index (χ0) is 19.6. The molecule has 0 aromatic heterocycles. The molecular weight excluding hydrogens is 476 g/mol. The highest BCUT2D eigenvalue weighted by molar-refractivity contribution is 9.10. The first kappa shape index (κ1) is 20.1. The Morgan fingerprint density at radius 1 is 0.556 bits per heavy atom. The van der Waals surface area contributed by atoms with Gasteiger partial charge in [0.25, 0.3) is 0 Å². The van der Waals surface area contributed by atoms with Crippen molar-refractivity contribution in [1.29, 1.82) is 0 Å². The summed E-state index contributed by atoms with van der Waals surface area (Å²) in [5.74, 6) is 0. The topological polar surface area (TPSA) is 84.2 Å². The van der Waals surface area contributed by atoms with Crippen LogP contribution in [0.2, 0.25) is 0 Å². The van der Waals surface area contributed by atoms with Gasteiger partial charge in [-0.15, -0.1) is 0 Å². The molecule has 0 unspecified atom stereocenters. The number of nitrogens with zero attached hydrogens (tertiary/aromatic N) is 1. The van der Waals surface area contributed by atoms with Gasteiger partial charge in [0.15, 0.2) is 0 Å². The molecule has 0 atom stereocenters. The molecule has 3 aromatic carbocycles. The van der Waals surface area contributed by atoms with Gasteiger partial charge in [0.2, 0.25) is 0 Å². The molecule has 0 fully saturated rings. The predicted molar refractivity (Wildman–Crippen MR) is 116 cm³/mol. The summed E-state index contributed by atoms with van der Waals surface area (Å²) in [6.07, 6.45) is 0. The van der Waals surface area contributed by atoms with Crippen molar-refractivity contribution in [3.05, 3.63) is 75.7 Å². The first-order valence-corrected chi connectivity index (χ1v) is 9.62. The zero-order valence-corrected chi connectivity index (χ0v) is 17.2. The second kappa shape index (κ2) is 8.60. The Bertz CT molecular complexity index is 922. The lowest BCUT2D eigenvalue weighted by atomic mass is 9.80. The van der Waals surface area contributed by atoms with Crippen LogP contribution in [0.25, 0.3) is 0 Å². The van der Waals surface area contributed by atoms with Crippen molar-refractivity contribution in [2.75, 3.05) is 4.90 Å². The van der Waals surface area contributed by atoms with Gasteiger partial charge in [0.05, 0.1) is 0 Å². The third kappa shape index (κ3) is 4.82. The molecule has 0 radical (unpaired) electrons. The molecule has 27 heavy (non-hydrogen) atoms. The smallest absolute Gasteiger partial charge is 0.423 e. The number of hydrogen-bond donors (Lipinski definition) is 4. The normalized spacial score (nSPS) is 10.6. The molecule has 0 bridgehead atoms. The SMILES string of the molecule is OB(O)c1ccc(N(c2ccc(Br)cc2)c2cc(Br)cc(B(O)O)c2)cc1. The number of rotatable bonds is 5. The Morgan fingerprint density at radius 2 is 1.07 bits per heavy atom. The number of anilines is 3. The van der Waals surface area contributed by atoms with E-state index in [1.54, 1.807) is 36.4 Å². The monoisotopic (exact) mass is 489 g/mol. The van der Waals surface area contributed by atoms with Gasteiger partial charge in [-0.05, 0) is 65.5 Å². The number of hydrogen-bond acceptors (Lipinski definition) is 5. The van der Waals surface area contributed by atoms with Gasteiger partial charge in [0, 0.05) is 26.0 Å². The van der Waals surface area contributed by atoms with Crippen LogP contribution in [-0.4, -0.2) is 34.3 Å². The molecule has 0 aliphatic rings. The molecule has 0 aliphatic heterocycles. The van der Waals surface area contributed by atoms with Crippen LogP contribution in [0.3, 0.4) is 0 Å². The molecule has 136 valence electrons. The van der Waals surface area contributed by atoms with Crippen LogP contribution in [0.15, 0.2) is 75.7 Å². The van der Waals surface area contributed by atoms with Gasteiger partial charge in [-0.3, -0.25) is 0 Å². The summed E-state index contributed by atoms with van der Waals surface area (Å²) in [5, 5.41) is 37.8. The fraction of sp³-hybridized carbons (Fsp3) is 0. The van der Waals surface area contributed by atoms with Crippen molar-refractivity contribution in [2.24, 2.45) is 0 Å². The fourth-order valence-corrected chi connectivity index (χ4v) is 3.47. The minimum Gasteiger partial charge on any atom is -0.423 e. The van der Waals surface area contributed by atoms with Crippen molar-refractivity contribution < 1.29 is 20.1 Å². The maximum Gasteiger partial charge on any atom is 0.488 e. The van der Waals surface area contributed by atoms with Gasteiger partial charge in [-0.25, -0.2) is 0 Å². The van der Waals surface area contributed by atoms with E-state index in [2.05, 4.69) is 31.9 Å². The highest BCUT2D eigenvalue weighted by atomic mass is 79.9. The minimum absolute atomic E-state index is 0.351. The standard InChI is InChI=1S/C18H15B2Br2NO4/c21-14-3-7-17(8-4-14)23(16-5-1-12(2-6-16)19(24)25)18-10-13(20(26)27)9-15(22)11-18/h1-11,24-27H. The van der Waals surface area contributed by atoms with E-state index in [1.807, 2.05) is 35.2 Å². The minimum atomic E-state index is -1.60. The summed E-state index contributed by atoms with van der Waals surface area (Å²) in [5.41, 5.74) is 3.08. The van der Waals surface area contributed by atoms with E-state index in [-0.39, 0.29) is 0 Å². The third-order valence-corrected chi connectivity index (χ3v) is 4.98. The van der Waals surface area contributed by atoms with Gasteiger partial charge in [0.1, 0.15) is 0 Å². The number of benzene rings is 3. The van der Waals surface area contributed by atoms with Crippen molar-refractivity contribution in [1.82, 2.24) is 0 Å². The van der Waals surface area contributed by atoms with E-state index in [4.69, 9.17) is 0 Å². The van der Waals surface area contributed by atoms with E-state index >= 15 is 0 Å². The van der Waals surface area contributed by atoms with Crippen molar-refractivity contribution in [2.45, 2.75) is 0 Å². The predicted octanol–water partition coefficient (Wildman–Crippen LogP) is 2.04. The second-order valence-corrected chi connectivity index (χ2v) is 7.72. The molecule has 0 amide bonds. The Labute approximate surface area is 174 Å². The van der Waals surface area contributed by atoms with E-state index in [9.17, 15) is 20.1 Å². The average Bonchev–Trinajstić information content (AvgIpc) is 2.63. The van der Waals surface area contributed by atoms with Gasteiger partial charge in [-0.2, -0.15) is 0 Å². The van der Waals surface area contributed by atoms with Crippen LogP contribution in [0.1, 0.15) is 0 Å². The van der Waals surface area contributed by atoms with Crippen LogP contribution in [0.4, 0.5) is 17.1 Å². The van der Waals surface area contributed by atoms with E-state index in [0.29, 0.717) is 21.1 Å². The summed E-state index contributed by atoms with van der Waals surface area (Å²) in [6.45, 7) is 0. The highest BCUT2D eigenvalue weighted by Gasteiger charge is 2.19. The fourth-order valence-electron chi connectivity index (χ4n) is 2.71. The van der Waals surface area contributed by atoms with Crippen LogP contribution < -0.4 is 15.8 Å². The first-order chi connectivity index (χ1) is 12.8. The van der Waals surface area contributed by atoms with E-state index in [0.717, 1.165) is 15.8 Å². The maximum absolute atomic E-state index is 9.58. The zero-order valence-electron chi connectivity index (χ0n) is 14.0. The average molecular weight is 491 g/mol. The lowest BCUT2D eigenvalue weighted by Crippen LogP contribution is -2.31. The van der Waals surface area contributed by atoms with E-state index in [1.165, 1.54) is 0 Å². The molecule has 5 nitrogen and oxygen atoms in total. The highest BCUT2D eigenvalue weighted by Crippen LogP contribution is 2.35. The third-order valence-electron chi connectivity index (χ3n) is 4.00. The molecule has 3 rings (SSSR count). The molecule has 0 saturated carbocycles. The van der Waals surface area contributed by atoms with E-state index < -0.39 is 14.2 Å². The summed E-state index contributed by atoms with van der Waals surface area (Å²) < 4.78 is 1.64.